The SMILES string of the molecule is [B]c1c[nH]c2nc(N3c4cc(C)c(C5CCNCC5)cc4OC3C)nc(Nc3ccccc3S(=O)(=O)C(C)C)c12. The van der Waals surface area contributed by atoms with Crippen LogP contribution >= 0.6 is 0 Å². The lowest BCUT2D eigenvalue weighted by Crippen LogP contribution is -2.29. The van der Waals surface area contributed by atoms with Gasteiger partial charge in [0.1, 0.15) is 25.1 Å². The minimum atomic E-state index is -3.55. The van der Waals surface area contributed by atoms with Gasteiger partial charge in [-0.1, -0.05) is 17.6 Å². The zero-order chi connectivity index (χ0) is 28.2. The predicted molar refractivity (Wildman–Crippen MR) is 160 cm³/mol. The van der Waals surface area contributed by atoms with Gasteiger partial charge in [-0.05, 0) is 101 Å². The maximum absolute atomic E-state index is 13.1. The van der Waals surface area contributed by atoms with Crippen LogP contribution in [0.1, 0.15) is 50.7 Å². The summed E-state index contributed by atoms with van der Waals surface area (Å²) in [5, 5.41) is 6.72. The van der Waals surface area contributed by atoms with Crippen molar-refractivity contribution in [2.24, 2.45) is 0 Å². The normalized spacial score (nSPS) is 17.8. The Morgan fingerprint density at radius 3 is 2.65 bits per heavy atom. The number of aromatic nitrogens is 3. The summed E-state index contributed by atoms with van der Waals surface area (Å²) in [4.78, 5) is 15.0. The van der Waals surface area contributed by atoms with Crippen molar-refractivity contribution in [2.45, 2.75) is 62.8 Å². The monoisotopic (exact) mass is 556 g/mol. The van der Waals surface area contributed by atoms with E-state index in [0.29, 0.717) is 39.9 Å². The molecule has 0 saturated carbocycles. The number of hydrogen-bond donors (Lipinski definition) is 3. The molecule has 2 radical (unpaired) electrons. The summed E-state index contributed by atoms with van der Waals surface area (Å²) in [6.45, 7) is 9.50. The van der Waals surface area contributed by atoms with E-state index in [9.17, 15) is 8.42 Å². The third kappa shape index (κ3) is 4.51. The van der Waals surface area contributed by atoms with Crippen LogP contribution in [0.15, 0.2) is 47.5 Å². The summed E-state index contributed by atoms with van der Waals surface area (Å²) in [6.07, 6.45) is 3.54. The number of anilines is 4. The topological polar surface area (TPSA) is 112 Å². The highest BCUT2D eigenvalue weighted by molar-refractivity contribution is 7.92. The second-order valence-corrected chi connectivity index (χ2v) is 13.3. The average Bonchev–Trinajstić information content (AvgIpc) is 3.47. The molecule has 11 heteroatoms. The summed E-state index contributed by atoms with van der Waals surface area (Å²) < 4.78 is 32.6. The Bertz CT molecular complexity index is 1700. The first-order valence-corrected chi connectivity index (χ1v) is 15.3. The van der Waals surface area contributed by atoms with Gasteiger partial charge in [0.2, 0.25) is 5.95 Å². The molecule has 2 aromatic carbocycles. The Morgan fingerprint density at radius 1 is 1.15 bits per heavy atom. The molecule has 0 aliphatic carbocycles. The van der Waals surface area contributed by atoms with Crippen molar-refractivity contribution in [1.82, 2.24) is 20.3 Å². The van der Waals surface area contributed by atoms with Gasteiger partial charge < -0.3 is 20.4 Å². The molecule has 1 saturated heterocycles. The second kappa shape index (κ2) is 10.1. The molecule has 3 N–H and O–H groups in total. The highest BCUT2D eigenvalue weighted by atomic mass is 32.2. The van der Waals surface area contributed by atoms with Crippen LogP contribution < -0.4 is 25.7 Å². The highest BCUT2D eigenvalue weighted by Crippen LogP contribution is 2.45. The summed E-state index contributed by atoms with van der Waals surface area (Å²) in [7, 11) is 2.76. The van der Waals surface area contributed by atoms with E-state index in [-0.39, 0.29) is 11.1 Å². The number of ether oxygens (including phenoxy) is 1. The molecule has 6 rings (SSSR count). The van der Waals surface area contributed by atoms with Crippen molar-refractivity contribution in [2.75, 3.05) is 23.3 Å². The molecule has 1 atom stereocenters. The second-order valence-electron chi connectivity index (χ2n) is 10.8. The maximum atomic E-state index is 13.1. The molecule has 9 nitrogen and oxygen atoms in total. The first-order valence-electron chi connectivity index (χ1n) is 13.7. The smallest absolute Gasteiger partial charge is 0.237 e. The van der Waals surface area contributed by atoms with E-state index in [4.69, 9.17) is 22.6 Å². The number of benzene rings is 2. The Labute approximate surface area is 236 Å². The van der Waals surface area contributed by atoms with Crippen molar-refractivity contribution in [1.29, 1.82) is 0 Å². The molecule has 4 heterocycles. The molecular formula is C29H33BN6O3S. The van der Waals surface area contributed by atoms with E-state index >= 15 is 0 Å². The van der Waals surface area contributed by atoms with Crippen molar-refractivity contribution in [3.63, 3.8) is 0 Å². The lowest BCUT2D eigenvalue weighted by atomic mass is 9.87. The van der Waals surface area contributed by atoms with Gasteiger partial charge in [0, 0.05) is 0 Å². The maximum Gasteiger partial charge on any atom is 0.237 e. The third-order valence-electron chi connectivity index (χ3n) is 7.88. The van der Waals surface area contributed by atoms with Gasteiger partial charge in [0.15, 0.2) is 16.1 Å². The van der Waals surface area contributed by atoms with Crippen LogP contribution in [0.3, 0.4) is 0 Å². The minimum absolute atomic E-state index is 0.205. The average molecular weight is 557 g/mol. The van der Waals surface area contributed by atoms with Gasteiger partial charge >= 0.3 is 0 Å². The zero-order valence-corrected chi connectivity index (χ0v) is 24.0. The van der Waals surface area contributed by atoms with Gasteiger partial charge in [0.05, 0.1) is 26.9 Å². The number of rotatable bonds is 6. The van der Waals surface area contributed by atoms with Crippen molar-refractivity contribution < 1.29 is 13.2 Å². The number of nitrogens with one attached hydrogen (secondary N) is 3. The van der Waals surface area contributed by atoms with E-state index in [0.717, 1.165) is 37.4 Å². The van der Waals surface area contributed by atoms with Gasteiger partial charge in [-0.2, -0.15) is 9.97 Å². The molecule has 2 aliphatic heterocycles. The molecule has 2 aliphatic rings. The molecule has 1 unspecified atom stereocenters. The molecule has 206 valence electrons. The van der Waals surface area contributed by atoms with Gasteiger partial charge in [-0.3, -0.25) is 4.90 Å². The van der Waals surface area contributed by atoms with Crippen LogP contribution in [0.4, 0.5) is 23.1 Å². The largest absolute Gasteiger partial charge is 0.468 e. The standard InChI is InChI=1S/C29H33BN6O3S/c1-16(2)40(37,38)25-8-6-5-7-22(25)33-28-26-21(30)15-32-27(26)34-29(35-28)36-18(4)39-24-14-20(17(3)13-23(24)36)19-9-11-31-12-10-19/h5-8,13-16,18-19,31H,9-12H2,1-4H3,(H2,32,33,34,35). The third-order valence-corrected chi connectivity index (χ3v) is 10.1. The van der Waals surface area contributed by atoms with Crippen LogP contribution in [0.25, 0.3) is 11.0 Å². The summed E-state index contributed by atoms with van der Waals surface area (Å²) in [5.74, 6) is 2.14. The summed E-state index contributed by atoms with van der Waals surface area (Å²) in [5.41, 5.74) is 4.86. The number of aryl methyl sites for hydroxylation is 1. The fourth-order valence-electron chi connectivity index (χ4n) is 5.69. The van der Waals surface area contributed by atoms with Crippen LogP contribution in [-0.2, 0) is 9.84 Å². The number of fused-ring (bicyclic) bond motifs is 2. The number of para-hydroxylation sites is 1. The molecular weight excluding hydrogens is 523 g/mol. The molecule has 4 aromatic rings. The minimum Gasteiger partial charge on any atom is -0.468 e. The molecule has 0 amide bonds. The number of aromatic amines is 1. The first-order chi connectivity index (χ1) is 19.1. The number of piperidine rings is 1. The van der Waals surface area contributed by atoms with Crippen LogP contribution in [0.5, 0.6) is 5.75 Å². The molecule has 2 aromatic heterocycles. The molecule has 0 spiro atoms. The van der Waals surface area contributed by atoms with E-state index < -0.39 is 15.1 Å². The van der Waals surface area contributed by atoms with E-state index in [1.165, 1.54) is 11.1 Å². The Kier molecular flexibility index (Phi) is 6.74. The number of H-pyrrole nitrogens is 1. The van der Waals surface area contributed by atoms with Gasteiger partial charge in [0.25, 0.3) is 0 Å². The van der Waals surface area contributed by atoms with Gasteiger partial charge in [-0.15, -0.1) is 0 Å². The van der Waals surface area contributed by atoms with Crippen molar-refractivity contribution in [3.05, 3.63) is 53.7 Å². The lowest BCUT2D eigenvalue weighted by molar-refractivity contribution is 0.254. The molecule has 0 bridgehead atoms. The van der Waals surface area contributed by atoms with Crippen molar-refractivity contribution in [3.8, 4) is 5.75 Å². The highest BCUT2D eigenvalue weighted by Gasteiger charge is 2.34. The van der Waals surface area contributed by atoms with Crippen LogP contribution in [0.2, 0.25) is 0 Å². The fraction of sp³-hybridized carbons (Fsp3) is 0.379. The first kappa shape index (κ1) is 26.6. The number of hydrogen-bond acceptors (Lipinski definition) is 8. The summed E-state index contributed by atoms with van der Waals surface area (Å²) in [6, 6.07) is 11.2. The van der Waals surface area contributed by atoms with E-state index in [1.54, 1.807) is 44.3 Å². The number of nitrogens with zero attached hydrogens (tertiary/aromatic N) is 3. The van der Waals surface area contributed by atoms with Crippen LogP contribution in [0, 0.1) is 6.92 Å². The van der Waals surface area contributed by atoms with E-state index in [2.05, 4.69) is 34.7 Å². The summed E-state index contributed by atoms with van der Waals surface area (Å²) >= 11 is 0. The molecule has 1 fully saturated rings. The Balaban J connectivity index is 1.44. The Hall–Kier alpha value is -3.57. The Morgan fingerprint density at radius 2 is 1.90 bits per heavy atom. The predicted octanol–water partition coefficient (Wildman–Crippen LogP) is 4.33. The van der Waals surface area contributed by atoms with E-state index in [1.807, 2.05) is 11.8 Å². The zero-order valence-electron chi connectivity index (χ0n) is 23.2. The quantitative estimate of drug-likeness (QED) is 0.301. The van der Waals surface area contributed by atoms with Gasteiger partial charge in [-0.25, -0.2) is 8.42 Å². The molecule has 40 heavy (non-hydrogen) atoms. The number of sulfone groups is 1. The lowest BCUT2D eigenvalue weighted by Gasteiger charge is -2.25. The fourth-order valence-corrected chi connectivity index (χ4v) is 6.89. The van der Waals surface area contributed by atoms with Crippen molar-refractivity contribution >= 4 is 57.3 Å². The van der Waals surface area contributed by atoms with Crippen LogP contribution in [-0.4, -0.2) is 55.8 Å².